The van der Waals surface area contributed by atoms with Gasteiger partial charge >= 0.3 is 35.3 Å². The molecule has 0 bridgehead atoms. The average molecular weight is 414 g/mol. The third kappa shape index (κ3) is 3.52. The van der Waals surface area contributed by atoms with Crippen LogP contribution >= 0.6 is 0 Å². The molecule has 0 N–H and O–H groups in total. The van der Waals surface area contributed by atoms with Crippen molar-refractivity contribution in [3.8, 4) is 0 Å². The molecule has 16 heteroatoms. The summed E-state index contributed by atoms with van der Waals surface area (Å²) in [7, 11) is -14.4. The van der Waals surface area contributed by atoms with Crippen molar-refractivity contribution < 1.29 is 75.4 Å². The summed E-state index contributed by atoms with van der Waals surface area (Å²) in [5.74, 6) is -11.1. The van der Waals surface area contributed by atoms with Crippen LogP contribution in [0.1, 0.15) is 0 Å². The summed E-state index contributed by atoms with van der Waals surface area (Å²) in [4.78, 5) is -2.31. The Bertz CT molecular complexity index is 868. The molecule has 0 amide bonds. The minimum atomic E-state index is -7.43. The van der Waals surface area contributed by atoms with E-state index in [1.807, 2.05) is 0 Å². The monoisotopic (exact) mass is 414 g/mol. The second kappa shape index (κ2) is 6.69. The van der Waals surface area contributed by atoms with E-state index < -0.39 is 52.9 Å². The minimum Gasteiger partial charge on any atom is -0.743 e. The Kier molecular flexibility index (Phi) is 6.45. The summed E-state index contributed by atoms with van der Waals surface area (Å²) in [6.07, 6.45) is 0. The molecule has 1 aromatic carbocycles. The molecule has 0 spiro atoms. The first-order chi connectivity index (χ1) is 10.4. The molecule has 0 unspecified atom stereocenters. The van der Waals surface area contributed by atoms with E-state index in [9.17, 15) is 56.5 Å². The van der Waals surface area contributed by atoms with Crippen LogP contribution in [0.15, 0.2) is 23.1 Å². The van der Waals surface area contributed by atoms with E-state index in [0.717, 1.165) is 0 Å². The topological polar surface area (TPSA) is 91.3 Å². The second-order valence-corrected chi connectivity index (χ2v) is 7.52. The first kappa shape index (κ1) is 24.1. The van der Waals surface area contributed by atoms with Crippen molar-refractivity contribution >= 4 is 20.0 Å². The van der Waals surface area contributed by atoms with E-state index in [4.69, 9.17) is 0 Å². The minimum absolute atomic E-state index is 0. The van der Waals surface area contributed by atoms with Crippen LogP contribution in [0.25, 0.3) is 0 Å². The van der Waals surface area contributed by atoms with Gasteiger partial charge in [-0.05, 0) is 12.1 Å². The predicted octanol–water partition coefficient (Wildman–Crippen LogP) is -0.891. The summed E-state index contributed by atoms with van der Waals surface area (Å²) < 4.78 is 158. The van der Waals surface area contributed by atoms with Crippen molar-refractivity contribution in [3.63, 3.8) is 0 Å². The fraction of sp³-hybridized carbons (Fsp3) is 0.333. The standard InChI is InChI=1S/C9H4F8O5S2.Li/c10-4-1-2-6(5(11)3-4)23(18,19)8(14,15)7(12,13)9(16,17)24(20,21)22;/h1-3H,(H,20,21,22);/q;+1/p-1. The summed E-state index contributed by atoms with van der Waals surface area (Å²) >= 11 is 0. The number of rotatable bonds is 5. The first-order valence-corrected chi connectivity index (χ1v) is 8.09. The number of benzene rings is 1. The molecule has 5 nitrogen and oxygen atoms in total. The zero-order chi connectivity index (χ0) is 19.4. The molecule has 0 aliphatic carbocycles. The molecule has 0 aromatic heterocycles. The number of hydrogen-bond donors (Lipinski definition) is 0. The van der Waals surface area contributed by atoms with E-state index in [1.165, 1.54) is 0 Å². The predicted molar refractivity (Wildman–Crippen MR) is 58.1 cm³/mol. The fourth-order valence-corrected chi connectivity index (χ4v) is 3.14. The van der Waals surface area contributed by atoms with Crippen LogP contribution in [0.2, 0.25) is 0 Å². The van der Waals surface area contributed by atoms with Crippen LogP contribution in [-0.2, 0) is 20.0 Å². The maximum atomic E-state index is 13.5. The van der Waals surface area contributed by atoms with Gasteiger partial charge in [0.15, 0.2) is 10.1 Å². The van der Waals surface area contributed by atoms with Crippen LogP contribution in [0.5, 0.6) is 0 Å². The van der Waals surface area contributed by atoms with Crippen molar-refractivity contribution in [2.75, 3.05) is 0 Å². The summed E-state index contributed by atoms with van der Waals surface area (Å²) in [5.41, 5.74) is 0. The zero-order valence-electron chi connectivity index (χ0n) is 11.6. The second-order valence-electron chi connectivity index (χ2n) is 4.14. The maximum absolute atomic E-state index is 13.5. The van der Waals surface area contributed by atoms with Gasteiger partial charge in [0.05, 0.1) is 0 Å². The van der Waals surface area contributed by atoms with Gasteiger partial charge in [-0.1, -0.05) is 0 Å². The smallest absolute Gasteiger partial charge is 0.743 e. The molecule has 138 valence electrons. The summed E-state index contributed by atoms with van der Waals surface area (Å²) in [6.45, 7) is 0. The van der Waals surface area contributed by atoms with E-state index in [-0.39, 0.29) is 37.1 Å². The molecule has 0 saturated carbocycles. The maximum Gasteiger partial charge on any atom is 1.00 e. The molecule has 25 heavy (non-hydrogen) atoms. The molecule has 1 aromatic rings. The van der Waals surface area contributed by atoms with E-state index in [1.54, 1.807) is 0 Å². The SMILES string of the molecule is O=S(=O)([O-])C(F)(F)C(F)(F)C(F)(F)S(=O)(=O)c1ccc(F)cc1F.[Li+]. The molecule has 0 aliphatic rings. The molecular weight excluding hydrogens is 411 g/mol. The van der Waals surface area contributed by atoms with Gasteiger partial charge in [0.1, 0.15) is 16.5 Å². The molecule has 0 fully saturated rings. The van der Waals surface area contributed by atoms with E-state index in [2.05, 4.69) is 0 Å². The third-order valence-electron chi connectivity index (χ3n) is 2.57. The third-order valence-corrected chi connectivity index (χ3v) is 5.29. The molecule has 1 rings (SSSR count). The van der Waals surface area contributed by atoms with Gasteiger partial charge in [0.25, 0.3) is 9.84 Å². The number of sulfone groups is 1. The Hall–Kier alpha value is -0.883. The van der Waals surface area contributed by atoms with Crippen LogP contribution in [0.3, 0.4) is 0 Å². The molecule has 0 atom stereocenters. The summed E-state index contributed by atoms with van der Waals surface area (Å²) in [5, 5.41) is -14.0. The van der Waals surface area contributed by atoms with Crippen molar-refractivity contribution in [1.82, 2.24) is 0 Å². The zero-order valence-corrected chi connectivity index (χ0v) is 13.2. The van der Waals surface area contributed by atoms with Crippen LogP contribution in [0.4, 0.5) is 35.1 Å². The van der Waals surface area contributed by atoms with Crippen molar-refractivity contribution in [3.05, 3.63) is 29.8 Å². The van der Waals surface area contributed by atoms with Gasteiger partial charge in [0, 0.05) is 6.07 Å². The van der Waals surface area contributed by atoms with Gasteiger partial charge in [0.2, 0.25) is 0 Å². The van der Waals surface area contributed by atoms with Crippen molar-refractivity contribution in [2.45, 2.75) is 21.3 Å². The van der Waals surface area contributed by atoms with Gasteiger partial charge in [-0.25, -0.2) is 25.6 Å². The molecule has 0 radical (unpaired) electrons. The Morgan fingerprint density at radius 2 is 1.28 bits per heavy atom. The number of hydrogen-bond acceptors (Lipinski definition) is 5. The van der Waals surface area contributed by atoms with Crippen molar-refractivity contribution in [1.29, 1.82) is 0 Å². The Morgan fingerprint density at radius 3 is 1.64 bits per heavy atom. The van der Waals surface area contributed by atoms with E-state index >= 15 is 0 Å². The molecule has 0 heterocycles. The molecule has 0 saturated heterocycles. The molecule has 0 aliphatic heterocycles. The van der Waals surface area contributed by atoms with Crippen LogP contribution in [0, 0.1) is 11.6 Å². The van der Waals surface area contributed by atoms with Gasteiger partial charge < -0.3 is 4.55 Å². The number of alkyl halides is 6. The van der Waals surface area contributed by atoms with E-state index in [0.29, 0.717) is 0 Å². The normalized spacial score (nSPS) is 14.1. The quantitative estimate of drug-likeness (QED) is 0.270. The number of halogens is 8. The largest absolute Gasteiger partial charge is 1.00 e. The first-order valence-electron chi connectivity index (χ1n) is 5.20. The fourth-order valence-electron chi connectivity index (χ4n) is 1.33. The van der Waals surface area contributed by atoms with Gasteiger partial charge in [-0.3, -0.25) is 0 Å². The Morgan fingerprint density at radius 1 is 0.840 bits per heavy atom. The van der Waals surface area contributed by atoms with Gasteiger partial charge in [-0.15, -0.1) is 0 Å². The van der Waals surface area contributed by atoms with Crippen LogP contribution in [-0.4, -0.2) is 37.8 Å². The average Bonchev–Trinajstić information content (AvgIpc) is 2.35. The summed E-state index contributed by atoms with van der Waals surface area (Å²) in [6, 6.07) is -0.565. The van der Waals surface area contributed by atoms with Crippen molar-refractivity contribution in [2.24, 2.45) is 0 Å². The van der Waals surface area contributed by atoms with Crippen LogP contribution < -0.4 is 18.9 Å². The molecular formula is C9H3F8LiO5S2. The Balaban J connectivity index is 0.00000576. The van der Waals surface area contributed by atoms with Gasteiger partial charge in [-0.2, -0.15) is 26.3 Å². The Labute approximate surface area is 146 Å².